The molecule has 2 nitrogen and oxygen atoms in total. The molecule has 1 saturated carbocycles. The second-order valence-electron chi connectivity index (χ2n) is 5.34. The molecule has 1 unspecified atom stereocenters. The van der Waals surface area contributed by atoms with Gasteiger partial charge in [-0.05, 0) is 38.6 Å². The van der Waals surface area contributed by atoms with Gasteiger partial charge in [0.25, 0.3) is 0 Å². The summed E-state index contributed by atoms with van der Waals surface area (Å²) >= 11 is 0. The summed E-state index contributed by atoms with van der Waals surface area (Å²) in [5.41, 5.74) is 6.01. The van der Waals surface area contributed by atoms with Gasteiger partial charge in [-0.2, -0.15) is 0 Å². The fourth-order valence-corrected chi connectivity index (χ4v) is 3.35. The predicted octanol–water partition coefficient (Wildman–Crippen LogP) is 3.01. The van der Waals surface area contributed by atoms with E-state index in [0.717, 1.165) is 18.5 Å². The molecule has 96 valence electrons. The van der Waals surface area contributed by atoms with E-state index < -0.39 is 0 Å². The van der Waals surface area contributed by atoms with Crippen LogP contribution in [-0.2, 0) is 0 Å². The lowest BCUT2D eigenvalue weighted by Crippen LogP contribution is -2.48. The van der Waals surface area contributed by atoms with Crippen molar-refractivity contribution in [3.63, 3.8) is 0 Å². The zero-order chi connectivity index (χ0) is 12.0. The predicted molar refractivity (Wildman–Crippen MR) is 71.6 cm³/mol. The third-order valence-electron chi connectivity index (χ3n) is 4.48. The minimum Gasteiger partial charge on any atom is -0.329 e. The van der Waals surface area contributed by atoms with Crippen molar-refractivity contribution in [2.45, 2.75) is 70.9 Å². The fourth-order valence-electron chi connectivity index (χ4n) is 3.35. The van der Waals surface area contributed by atoms with Crippen molar-refractivity contribution < 1.29 is 0 Å². The molecule has 16 heavy (non-hydrogen) atoms. The van der Waals surface area contributed by atoms with E-state index in [2.05, 4.69) is 25.8 Å². The minimum atomic E-state index is 0.616. The Labute approximate surface area is 102 Å². The average Bonchev–Trinajstić information content (AvgIpc) is 2.33. The standard InChI is InChI=1S/C14H30N2/c1-4-13(5-2)16(3)14(11-15)12-9-7-6-8-10-12/h12-14H,4-11,15H2,1-3H3. The van der Waals surface area contributed by atoms with Gasteiger partial charge in [-0.15, -0.1) is 0 Å². The zero-order valence-corrected chi connectivity index (χ0v) is 11.4. The third kappa shape index (κ3) is 3.46. The highest BCUT2D eigenvalue weighted by Gasteiger charge is 2.28. The lowest BCUT2D eigenvalue weighted by atomic mass is 9.82. The van der Waals surface area contributed by atoms with Crippen molar-refractivity contribution in [3.8, 4) is 0 Å². The van der Waals surface area contributed by atoms with Gasteiger partial charge in [0, 0.05) is 18.6 Å². The lowest BCUT2D eigenvalue weighted by molar-refractivity contribution is 0.102. The quantitative estimate of drug-likeness (QED) is 0.754. The number of nitrogens with zero attached hydrogens (tertiary/aromatic N) is 1. The first-order valence-corrected chi connectivity index (χ1v) is 7.16. The normalized spacial score (nSPS) is 20.6. The smallest absolute Gasteiger partial charge is 0.0246 e. The van der Waals surface area contributed by atoms with Crippen LogP contribution in [0.15, 0.2) is 0 Å². The molecule has 1 rings (SSSR count). The van der Waals surface area contributed by atoms with Crippen LogP contribution in [0.4, 0.5) is 0 Å². The molecule has 0 spiro atoms. The highest BCUT2D eigenvalue weighted by molar-refractivity contribution is 4.84. The van der Waals surface area contributed by atoms with Gasteiger partial charge < -0.3 is 5.73 Å². The van der Waals surface area contributed by atoms with Gasteiger partial charge in [0.1, 0.15) is 0 Å². The van der Waals surface area contributed by atoms with Crippen LogP contribution in [0.5, 0.6) is 0 Å². The van der Waals surface area contributed by atoms with Crippen molar-refractivity contribution in [2.75, 3.05) is 13.6 Å². The molecule has 1 fully saturated rings. The number of hydrogen-bond acceptors (Lipinski definition) is 2. The first-order valence-electron chi connectivity index (χ1n) is 7.16. The Kier molecular flexibility index (Phi) is 6.37. The second kappa shape index (κ2) is 7.29. The topological polar surface area (TPSA) is 29.3 Å². The molecule has 0 bridgehead atoms. The van der Waals surface area contributed by atoms with Crippen LogP contribution in [0.1, 0.15) is 58.8 Å². The summed E-state index contributed by atoms with van der Waals surface area (Å²) < 4.78 is 0. The summed E-state index contributed by atoms with van der Waals surface area (Å²) in [4.78, 5) is 2.57. The van der Waals surface area contributed by atoms with E-state index in [0.29, 0.717) is 6.04 Å². The Balaban J connectivity index is 2.56. The molecule has 0 saturated heterocycles. The van der Waals surface area contributed by atoms with E-state index in [9.17, 15) is 0 Å². The molecule has 0 radical (unpaired) electrons. The lowest BCUT2D eigenvalue weighted by Gasteiger charge is -2.40. The van der Waals surface area contributed by atoms with E-state index in [1.54, 1.807) is 0 Å². The van der Waals surface area contributed by atoms with Crippen LogP contribution >= 0.6 is 0 Å². The summed E-state index contributed by atoms with van der Waals surface area (Å²) in [6, 6.07) is 1.33. The van der Waals surface area contributed by atoms with Gasteiger partial charge in [0.15, 0.2) is 0 Å². The van der Waals surface area contributed by atoms with E-state index in [1.165, 1.54) is 44.9 Å². The zero-order valence-electron chi connectivity index (χ0n) is 11.4. The van der Waals surface area contributed by atoms with Crippen molar-refractivity contribution in [3.05, 3.63) is 0 Å². The molecule has 0 aromatic carbocycles. The third-order valence-corrected chi connectivity index (χ3v) is 4.48. The van der Waals surface area contributed by atoms with Gasteiger partial charge in [-0.25, -0.2) is 0 Å². The molecule has 1 atom stereocenters. The second-order valence-corrected chi connectivity index (χ2v) is 5.34. The van der Waals surface area contributed by atoms with Crippen molar-refractivity contribution >= 4 is 0 Å². The molecule has 1 aliphatic rings. The number of rotatable bonds is 6. The molecular weight excluding hydrogens is 196 g/mol. The molecule has 0 aromatic heterocycles. The maximum atomic E-state index is 6.01. The van der Waals surface area contributed by atoms with Crippen LogP contribution in [0.3, 0.4) is 0 Å². The Morgan fingerprint density at radius 2 is 1.69 bits per heavy atom. The van der Waals surface area contributed by atoms with Crippen LogP contribution in [0.2, 0.25) is 0 Å². The monoisotopic (exact) mass is 226 g/mol. The molecule has 2 N–H and O–H groups in total. The molecule has 2 heteroatoms. The maximum absolute atomic E-state index is 6.01. The Morgan fingerprint density at radius 1 is 1.12 bits per heavy atom. The van der Waals surface area contributed by atoms with E-state index in [-0.39, 0.29) is 0 Å². The molecule has 0 aromatic rings. The number of likely N-dealkylation sites (N-methyl/N-ethyl adjacent to an activating group) is 1. The van der Waals surface area contributed by atoms with Gasteiger partial charge in [-0.1, -0.05) is 33.1 Å². The van der Waals surface area contributed by atoms with Crippen LogP contribution in [0, 0.1) is 5.92 Å². The van der Waals surface area contributed by atoms with E-state index in [1.807, 2.05) is 0 Å². The minimum absolute atomic E-state index is 0.616. The van der Waals surface area contributed by atoms with Crippen LogP contribution in [0.25, 0.3) is 0 Å². The summed E-state index contributed by atoms with van der Waals surface area (Å²) in [7, 11) is 2.28. The molecule has 0 heterocycles. The van der Waals surface area contributed by atoms with Gasteiger partial charge >= 0.3 is 0 Å². The van der Waals surface area contributed by atoms with Gasteiger partial charge in [0.05, 0.1) is 0 Å². The average molecular weight is 226 g/mol. The number of hydrogen-bond donors (Lipinski definition) is 1. The summed E-state index contributed by atoms with van der Waals surface area (Å²) in [6.07, 6.45) is 9.55. The van der Waals surface area contributed by atoms with E-state index >= 15 is 0 Å². The van der Waals surface area contributed by atoms with Crippen LogP contribution in [-0.4, -0.2) is 30.6 Å². The van der Waals surface area contributed by atoms with Crippen molar-refractivity contribution in [1.29, 1.82) is 0 Å². The van der Waals surface area contributed by atoms with Gasteiger partial charge in [-0.3, -0.25) is 4.90 Å². The van der Waals surface area contributed by atoms with Gasteiger partial charge in [0.2, 0.25) is 0 Å². The first kappa shape index (κ1) is 14.0. The number of nitrogens with two attached hydrogens (primary N) is 1. The Bertz CT molecular complexity index is 172. The first-order chi connectivity index (χ1) is 7.74. The highest BCUT2D eigenvalue weighted by Crippen LogP contribution is 2.29. The summed E-state index contributed by atoms with van der Waals surface area (Å²) in [6.45, 7) is 5.41. The van der Waals surface area contributed by atoms with Crippen molar-refractivity contribution in [1.82, 2.24) is 4.90 Å². The maximum Gasteiger partial charge on any atom is 0.0246 e. The largest absolute Gasteiger partial charge is 0.329 e. The van der Waals surface area contributed by atoms with Crippen LogP contribution < -0.4 is 5.73 Å². The van der Waals surface area contributed by atoms with E-state index in [4.69, 9.17) is 5.73 Å². The highest BCUT2D eigenvalue weighted by atomic mass is 15.2. The molecule has 0 amide bonds. The molecular formula is C14H30N2. The van der Waals surface area contributed by atoms with Crippen molar-refractivity contribution in [2.24, 2.45) is 11.7 Å². The molecule has 0 aliphatic heterocycles. The Hall–Kier alpha value is -0.0800. The summed E-state index contributed by atoms with van der Waals surface area (Å²) in [5, 5.41) is 0. The molecule has 1 aliphatic carbocycles. The Morgan fingerprint density at radius 3 is 2.12 bits per heavy atom. The SMILES string of the molecule is CCC(CC)N(C)C(CN)C1CCCCC1. The summed E-state index contributed by atoms with van der Waals surface area (Å²) in [5.74, 6) is 0.851. The fraction of sp³-hybridized carbons (Fsp3) is 1.00.